The van der Waals surface area contributed by atoms with E-state index in [1.54, 1.807) is 37.5 Å². The van der Waals surface area contributed by atoms with Crippen molar-refractivity contribution in [3.8, 4) is 5.75 Å². The van der Waals surface area contributed by atoms with Gasteiger partial charge in [0.15, 0.2) is 6.61 Å². The van der Waals surface area contributed by atoms with Gasteiger partial charge in [-0.05, 0) is 53.5 Å². The fraction of sp³-hybridized carbons (Fsp3) is 0.190. The molecule has 0 fully saturated rings. The number of anilines is 5. The number of ether oxygens (including phenoxy) is 1. The molecule has 0 spiro atoms. The van der Waals surface area contributed by atoms with E-state index in [1.165, 1.54) is 0 Å². The van der Waals surface area contributed by atoms with Gasteiger partial charge in [-0.25, -0.2) is 4.98 Å². The normalized spacial score (nSPS) is 13.4. The SMILES string of the molecule is CN1C(=O)COc2cc(Nc3ncc(Br)c(Nc4ccccc4P(C)(C)=O)n3)ccc21. The zero-order valence-corrected chi connectivity index (χ0v) is 19.7. The third kappa shape index (κ3) is 4.57. The summed E-state index contributed by atoms with van der Waals surface area (Å²) < 4.78 is 18.9. The number of carbonyl (C=O) groups is 1. The molecule has 8 nitrogen and oxygen atoms in total. The highest BCUT2D eigenvalue weighted by Gasteiger charge is 2.22. The molecule has 0 unspecified atom stereocenters. The van der Waals surface area contributed by atoms with Crippen LogP contribution in [0.4, 0.5) is 28.8 Å². The van der Waals surface area contributed by atoms with Gasteiger partial charge < -0.3 is 24.8 Å². The summed E-state index contributed by atoms with van der Waals surface area (Å²) in [5.74, 6) is 1.43. The molecule has 3 aromatic rings. The van der Waals surface area contributed by atoms with E-state index in [4.69, 9.17) is 4.74 Å². The van der Waals surface area contributed by atoms with E-state index >= 15 is 0 Å². The maximum Gasteiger partial charge on any atom is 0.264 e. The van der Waals surface area contributed by atoms with Gasteiger partial charge in [-0.2, -0.15) is 4.98 Å². The first-order valence-corrected chi connectivity index (χ1v) is 12.9. The molecule has 1 aliphatic rings. The van der Waals surface area contributed by atoms with Gasteiger partial charge in [0.2, 0.25) is 5.95 Å². The van der Waals surface area contributed by atoms with Crippen LogP contribution < -0.4 is 25.6 Å². The Balaban J connectivity index is 1.60. The van der Waals surface area contributed by atoms with Crippen LogP contribution >= 0.6 is 23.1 Å². The minimum atomic E-state index is -2.47. The second-order valence-electron chi connectivity index (χ2n) is 7.43. The molecule has 0 radical (unpaired) electrons. The quantitative estimate of drug-likeness (QED) is 0.502. The summed E-state index contributed by atoms with van der Waals surface area (Å²) in [5, 5.41) is 7.16. The van der Waals surface area contributed by atoms with Crippen molar-refractivity contribution in [2.45, 2.75) is 0 Å². The number of likely N-dealkylation sites (N-methyl/N-ethyl adjacent to an activating group) is 1. The van der Waals surface area contributed by atoms with E-state index in [0.717, 1.165) is 16.7 Å². The number of halogens is 1. The van der Waals surface area contributed by atoms with Crippen LogP contribution in [0.5, 0.6) is 5.75 Å². The third-order valence-electron chi connectivity index (χ3n) is 4.78. The Hall–Kier alpha value is -2.90. The van der Waals surface area contributed by atoms with Crippen molar-refractivity contribution in [3.63, 3.8) is 0 Å². The van der Waals surface area contributed by atoms with Gasteiger partial charge in [0.1, 0.15) is 18.7 Å². The van der Waals surface area contributed by atoms with Crippen molar-refractivity contribution >= 4 is 63.1 Å². The molecule has 0 aliphatic carbocycles. The Bertz CT molecular complexity index is 1210. The van der Waals surface area contributed by atoms with E-state index in [2.05, 4.69) is 36.5 Å². The topological polar surface area (TPSA) is 96.5 Å². The number of nitrogens with one attached hydrogen (secondary N) is 2. The number of benzene rings is 2. The number of amides is 1. The van der Waals surface area contributed by atoms with E-state index in [-0.39, 0.29) is 12.5 Å². The Kier molecular flexibility index (Phi) is 5.73. The zero-order valence-electron chi connectivity index (χ0n) is 17.2. The average molecular weight is 502 g/mol. The van der Waals surface area contributed by atoms with Gasteiger partial charge in [0.25, 0.3) is 5.91 Å². The largest absolute Gasteiger partial charge is 0.481 e. The van der Waals surface area contributed by atoms with Crippen LogP contribution in [0, 0.1) is 0 Å². The highest BCUT2D eigenvalue weighted by molar-refractivity contribution is 9.10. The van der Waals surface area contributed by atoms with E-state index in [9.17, 15) is 9.36 Å². The minimum Gasteiger partial charge on any atom is -0.481 e. The molecular formula is C21H21BrN5O3P. The average Bonchev–Trinajstić information content (AvgIpc) is 2.73. The molecule has 1 aliphatic heterocycles. The number of aromatic nitrogens is 2. The van der Waals surface area contributed by atoms with E-state index < -0.39 is 7.14 Å². The van der Waals surface area contributed by atoms with Crippen LogP contribution in [-0.2, 0) is 9.36 Å². The summed E-state index contributed by atoms with van der Waals surface area (Å²) in [4.78, 5) is 22.2. The maximum absolute atomic E-state index is 12.6. The molecule has 1 amide bonds. The van der Waals surface area contributed by atoms with Gasteiger partial charge in [0, 0.05) is 30.3 Å². The standard InChI is InChI=1S/C21H21BrN5O3P/c1-27-16-9-8-13(10-17(16)30-12-19(27)28)24-21-23-11-14(22)20(26-21)25-15-6-4-5-7-18(15)31(2,3)29/h4-11H,12H2,1-3H3,(H2,23,24,25,26). The molecule has 10 heteroatoms. The fourth-order valence-corrected chi connectivity index (χ4v) is 4.62. The predicted molar refractivity (Wildman–Crippen MR) is 127 cm³/mol. The molecule has 2 N–H and O–H groups in total. The van der Waals surface area contributed by atoms with Gasteiger partial charge in [-0.1, -0.05) is 12.1 Å². The highest BCUT2D eigenvalue weighted by atomic mass is 79.9. The van der Waals surface area contributed by atoms with Gasteiger partial charge in [0.05, 0.1) is 15.8 Å². The van der Waals surface area contributed by atoms with Crippen LogP contribution in [0.1, 0.15) is 0 Å². The van der Waals surface area contributed by atoms with Gasteiger partial charge >= 0.3 is 0 Å². The number of rotatable bonds is 5. The first kappa shape index (κ1) is 21.3. The Morgan fingerprint density at radius 1 is 1.16 bits per heavy atom. The van der Waals surface area contributed by atoms with Crippen molar-refractivity contribution in [2.75, 3.05) is 42.5 Å². The van der Waals surface area contributed by atoms with Crippen molar-refractivity contribution in [1.82, 2.24) is 9.97 Å². The van der Waals surface area contributed by atoms with Crippen LogP contribution in [0.15, 0.2) is 53.1 Å². The molecule has 160 valence electrons. The number of para-hydroxylation sites is 1. The maximum atomic E-state index is 12.6. The first-order chi connectivity index (χ1) is 14.7. The number of nitrogens with zero attached hydrogens (tertiary/aromatic N) is 3. The molecule has 31 heavy (non-hydrogen) atoms. The summed E-state index contributed by atoms with van der Waals surface area (Å²) in [6, 6.07) is 12.9. The van der Waals surface area contributed by atoms with Gasteiger partial charge in [-0.15, -0.1) is 0 Å². The van der Waals surface area contributed by atoms with Crippen LogP contribution in [0.2, 0.25) is 0 Å². The van der Waals surface area contributed by atoms with Crippen molar-refractivity contribution < 1.29 is 14.1 Å². The second kappa shape index (κ2) is 8.32. The Labute approximate surface area is 188 Å². The molecule has 0 saturated carbocycles. The monoisotopic (exact) mass is 501 g/mol. The van der Waals surface area contributed by atoms with Crippen LogP contribution in [-0.4, -0.2) is 42.9 Å². The smallest absolute Gasteiger partial charge is 0.264 e. The Morgan fingerprint density at radius 3 is 2.71 bits per heavy atom. The second-order valence-corrected chi connectivity index (χ2v) is 11.5. The Morgan fingerprint density at radius 2 is 1.94 bits per heavy atom. The van der Waals surface area contributed by atoms with Crippen molar-refractivity contribution in [3.05, 3.63) is 53.1 Å². The molecule has 0 bridgehead atoms. The lowest BCUT2D eigenvalue weighted by atomic mass is 10.2. The number of fused-ring (bicyclic) bond motifs is 1. The lowest BCUT2D eigenvalue weighted by Crippen LogP contribution is -2.35. The van der Waals surface area contributed by atoms with Crippen molar-refractivity contribution in [1.29, 1.82) is 0 Å². The molecule has 0 saturated heterocycles. The number of hydrogen-bond acceptors (Lipinski definition) is 7. The van der Waals surface area contributed by atoms with Crippen LogP contribution in [0.3, 0.4) is 0 Å². The molecule has 0 atom stereocenters. The molecule has 2 heterocycles. The minimum absolute atomic E-state index is 0.00786. The fourth-order valence-electron chi connectivity index (χ4n) is 3.18. The van der Waals surface area contributed by atoms with Crippen LogP contribution in [0.25, 0.3) is 0 Å². The van der Waals surface area contributed by atoms with Crippen molar-refractivity contribution in [2.24, 2.45) is 0 Å². The predicted octanol–water partition coefficient (Wildman–Crippen LogP) is 4.33. The molecule has 2 aromatic carbocycles. The van der Waals surface area contributed by atoms with Gasteiger partial charge in [-0.3, -0.25) is 4.79 Å². The molecule has 4 rings (SSSR count). The summed E-state index contributed by atoms with van der Waals surface area (Å²) in [6.45, 7) is 3.48. The van der Waals surface area contributed by atoms with E-state index in [1.807, 2.05) is 36.4 Å². The summed E-state index contributed by atoms with van der Waals surface area (Å²) in [7, 11) is -0.756. The summed E-state index contributed by atoms with van der Waals surface area (Å²) in [5.41, 5.74) is 2.17. The molecule has 1 aromatic heterocycles. The van der Waals surface area contributed by atoms with E-state index in [0.29, 0.717) is 27.7 Å². The summed E-state index contributed by atoms with van der Waals surface area (Å²) in [6.07, 6.45) is 1.64. The molecular weight excluding hydrogens is 481 g/mol. The lowest BCUT2D eigenvalue weighted by molar-refractivity contribution is -0.120. The summed E-state index contributed by atoms with van der Waals surface area (Å²) >= 11 is 3.47. The third-order valence-corrected chi connectivity index (χ3v) is 6.91. The number of carbonyl (C=O) groups excluding carboxylic acids is 1. The highest BCUT2D eigenvalue weighted by Crippen LogP contribution is 2.39. The number of hydrogen-bond donors (Lipinski definition) is 2. The first-order valence-electron chi connectivity index (χ1n) is 9.47. The lowest BCUT2D eigenvalue weighted by Gasteiger charge is -2.26. The zero-order chi connectivity index (χ0) is 22.2.